The van der Waals surface area contributed by atoms with E-state index in [1.165, 1.54) is 7.11 Å². The summed E-state index contributed by atoms with van der Waals surface area (Å²) in [7, 11) is 1.54. The quantitative estimate of drug-likeness (QED) is 0.595. The minimum Gasteiger partial charge on any atom is -0.497 e. The van der Waals surface area contributed by atoms with Crippen molar-refractivity contribution in [2.45, 2.75) is 30.4 Å². The van der Waals surface area contributed by atoms with Crippen molar-refractivity contribution in [1.29, 1.82) is 0 Å². The number of hydrogen-bond donors (Lipinski definition) is 1. The molecule has 2 aromatic rings. The third-order valence-electron chi connectivity index (χ3n) is 3.38. The van der Waals surface area contributed by atoms with Crippen molar-refractivity contribution in [3.8, 4) is 5.75 Å². The molecule has 0 bridgehead atoms. The molecule has 0 fully saturated rings. The molecule has 140 valence electrons. The number of thioether (sulfide) groups is 1. The standard InChI is InChI=1S/C17H18F3N3O2S/c1-10(2)14(15(24)22-11-4-6-12(25-3)7-5-11)26-16-21-9-8-13(23-16)17(18,19)20/h4-10,14H,1-3H3,(H,22,24). The number of ether oxygens (including phenoxy) is 1. The molecule has 5 nitrogen and oxygen atoms in total. The van der Waals surface area contributed by atoms with Gasteiger partial charge < -0.3 is 10.1 Å². The fourth-order valence-corrected chi connectivity index (χ4v) is 2.99. The summed E-state index contributed by atoms with van der Waals surface area (Å²) >= 11 is 0.903. The van der Waals surface area contributed by atoms with Gasteiger partial charge in [0.05, 0.1) is 12.4 Å². The van der Waals surface area contributed by atoms with E-state index in [9.17, 15) is 18.0 Å². The topological polar surface area (TPSA) is 64.1 Å². The lowest BCUT2D eigenvalue weighted by Gasteiger charge is -2.19. The lowest BCUT2D eigenvalue weighted by molar-refractivity contribution is -0.141. The molecule has 0 saturated heterocycles. The van der Waals surface area contributed by atoms with Crippen molar-refractivity contribution in [3.63, 3.8) is 0 Å². The average molecular weight is 385 g/mol. The van der Waals surface area contributed by atoms with Gasteiger partial charge in [-0.15, -0.1) is 0 Å². The van der Waals surface area contributed by atoms with Gasteiger partial charge in [-0.1, -0.05) is 25.6 Å². The molecule has 0 saturated carbocycles. The van der Waals surface area contributed by atoms with E-state index in [-0.39, 0.29) is 17.0 Å². The Hall–Kier alpha value is -2.29. The molecule has 0 aliphatic carbocycles. The lowest BCUT2D eigenvalue weighted by atomic mass is 10.1. The van der Waals surface area contributed by atoms with Crippen LogP contribution in [0.15, 0.2) is 41.7 Å². The van der Waals surface area contributed by atoms with Crippen molar-refractivity contribution in [2.75, 3.05) is 12.4 Å². The maximum Gasteiger partial charge on any atom is 0.433 e. The largest absolute Gasteiger partial charge is 0.497 e. The van der Waals surface area contributed by atoms with E-state index in [1.54, 1.807) is 38.1 Å². The zero-order valence-corrected chi connectivity index (χ0v) is 15.2. The molecule has 0 radical (unpaired) electrons. The number of amides is 1. The number of hydrogen-bond acceptors (Lipinski definition) is 5. The Balaban J connectivity index is 2.14. The highest BCUT2D eigenvalue weighted by atomic mass is 32.2. The second-order valence-corrected chi connectivity index (χ2v) is 6.83. The zero-order valence-electron chi connectivity index (χ0n) is 14.4. The number of methoxy groups -OCH3 is 1. The van der Waals surface area contributed by atoms with Gasteiger partial charge >= 0.3 is 6.18 Å². The minimum absolute atomic E-state index is 0.0941. The van der Waals surface area contributed by atoms with Crippen LogP contribution in [0.5, 0.6) is 5.75 Å². The van der Waals surface area contributed by atoms with Gasteiger partial charge in [0.2, 0.25) is 5.91 Å². The number of nitrogens with one attached hydrogen (secondary N) is 1. The first-order valence-corrected chi connectivity index (χ1v) is 8.60. The number of rotatable bonds is 6. The number of nitrogens with zero attached hydrogens (tertiary/aromatic N) is 2. The molecule has 1 N–H and O–H groups in total. The molecule has 0 aliphatic rings. The fourth-order valence-electron chi connectivity index (χ4n) is 2.05. The Bertz CT molecular complexity index is 752. The lowest BCUT2D eigenvalue weighted by Crippen LogP contribution is -2.30. The highest BCUT2D eigenvalue weighted by Crippen LogP contribution is 2.31. The molecule has 0 aliphatic heterocycles. The second-order valence-electron chi connectivity index (χ2n) is 5.72. The molecule has 1 heterocycles. The number of halogens is 3. The van der Waals surface area contributed by atoms with Crippen LogP contribution in [0.1, 0.15) is 19.5 Å². The highest BCUT2D eigenvalue weighted by Gasteiger charge is 2.33. The van der Waals surface area contributed by atoms with Gasteiger partial charge in [-0.25, -0.2) is 9.97 Å². The van der Waals surface area contributed by atoms with Crippen LogP contribution >= 0.6 is 11.8 Å². The monoisotopic (exact) mass is 385 g/mol. The second kappa shape index (κ2) is 8.39. The van der Waals surface area contributed by atoms with Crippen LogP contribution in [0.25, 0.3) is 0 Å². The number of carbonyl (C=O) groups is 1. The molecule has 1 aromatic heterocycles. The highest BCUT2D eigenvalue weighted by molar-refractivity contribution is 8.00. The third kappa shape index (κ3) is 5.35. The maximum atomic E-state index is 12.8. The van der Waals surface area contributed by atoms with Gasteiger partial charge in [-0.05, 0) is 36.2 Å². The van der Waals surface area contributed by atoms with Crippen molar-refractivity contribution >= 4 is 23.4 Å². The first-order valence-electron chi connectivity index (χ1n) is 7.72. The first kappa shape index (κ1) is 20.0. The zero-order chi connectivity index (χ0) is 19.3. The van der Waals surface area contributed by atoms with Crippen LogP contribution in [0, 0.1) is 5.92 Å². The fraction of sp³-hybridized carbons (Fsp3) is 0.353. The smallest absolute Gasteiger partial charge is 0.433 e. The van der Waals surface area contributed by atoms with E-state index in [4.69, 9.17) is 4.74 Å². The average Bonchev–Trinajstić information content (AvgIpc) is 2.59. The summed E-state index contributed by atoms with van der Waals surface area (Å²) in [6.07, 6.45) is -3.52. The maximum absolute atomic E-state index is 12.8. The van der Waals surface area contributed by atoms with Crippen LogP contribution in [0.3, 0.4) is 0 Å². The molecule has 1 aromatic carbocycles. The van der Waals surface area contributed by atoms with Gasteiger partial charge in [0.1, 0.15) is 11.4 Å². The van der Waals surface area contributed by atoms with Crippen LogP contribution in [-0.4, -0.2) is 28.2 Å². The normalized spacial score (nSPS) is 12.7. The Labute approximate surface area is 153 Å². The molecule has 1 amide bonds. The summed E-state index contributed by atoms with van der Waals surface area (Å²) in [5, 5.41) is 2.00. The van der Waals surface area contributed by atoms with E-state index in [1.807, 2.05) is 0 Å². The van der Waals surface area contributed by atoms with Crippen LogP contribution in [-0.2, 0) is 11.0 Å². The van der Waals surface area contributed by atoms with E-state index in [0.717, 1.165) is 24.0 Å². The van der Waals surface area contributed by atoms with Gasteiger partial charge in [-0.2, -0.15) is 13.2 Å². The van der Waals surface area contributed by atoms with E-state index >= 15 is 0 Å². The van der Waals surface area contributed by atoms with E-state index in [0.29, 0.717) is 11.4 Å². The van der Waals surface area contributed by atoms with Gasteiger partial charge in [0.25, 0.3) is 0 Å². The van der Waals surface area contributed by atoms with E-state index < -0.39 is 17.1 Å². The third-order valence-corrected chi connectivity index (χ3v) is 4.80. The Morgan fingerprint density at radius 2 is 1.85 bits per heavy atom. The van der Waals surface area contributed by atoms with Gasteiger partial charge in [-0.3, -0.25) is 4.79 Å². The molecular weight excluding hydrogens is 367 g/mol. The molecule has 0 spiro atoms. The number of aromatic nitrogens is 2. The predicted octanol–water partition coefficient (Wildman–Crippen LogP) is 4.26. The number of carbonyl (C=O) groups excluding carboxylic acids is 1. The summed E-state index contributed by atoms with van der Waals surface area (Å²) in [6, 6.07) is 7.55. The Morgan fingerprint density at radius 3 is 2.38 bits per heavy atom. The molecular formula is C17H18F3N3O2S. The molecule has 1 unspecified atom stereocenters. The summed E-state index contributed by atoms with van der Waals surface area (Å²) in [6.45, 7) is 3.61. The van der Waals surface area contributed by atoms with Crippen molar-refractivity contribution < 1.29 is 22.7 Å². The first-order chi connectivity index (χ1) is 12.2. The van der Waals surface area contributed by atoms with Crippen LogP contribution in [0.2, 0.25) is 0 Å². The van der Waals surface area contributed by atoms with Crippen LogP contribution < -0.4 is 10.1 Å². The summed E-state index contributed by atoms with van der Waals surface area (Å²) in [5.41, 5.74) is -0.472. The number of alkyl halides is 3. The number of benzene rings is 1. The van der Waals surface area contributed by atoms with Gasteiger partial charge in [0.15, 0.2) is 5.16 Å². The molecule has 1 atom stereocenters. The summed E-state index contributed by atoms with van der Waals surface area (Å²) in [4.78, 5) is 19.9. The molecule has 26 heavy (non-hydrogen) atoms. The summed E-state index contributed by atoms with van der Waals surface area (Å²) < 4.78 is 43.4. The van der Waals surface area contributed by atoms with Crippen molar-refractivity contribution in [3.05, 3.63) is 42.2 Å². The minimum atomic E-state index is -4.56. The van der Waals surface area contributed by atoms with E-state index in [2.05, 4.69) is 15.3 Å². The summed E-state index contributed by atoms with van der Waals surface area (Å²) in [5.74, 6) is 0.169. The Kier molecular flexibility index (Phi) is 6.47. The Morgan fingerprint density at radius 1 is 1.19 bits per heavy atom. The van der Waals surface area contributed by atoms with Crippen LogP contribution in [0.4, 0.5) is 18.9 Å². The molecule has 2 rings (SSSR count). The van der Waals surface area contributed by atoms with Gasteiger partial charge in [0, 0.05) is 11.9 Å². The SMILES string of the molecule is COc1ccc(NC(=O)C(Sc2nccc(C(F)(F)F)n2)C(C)C)cc1. The number of anilines is 1. The molecule has 9 heteroatoms. The van der Waals surface area contributed by atoms with Crippen molar-refractivity contribution in [1.82, 2.24) is 9.97 Å². The van der Waals surface area contributed by atoms with Crippen molar-refractivity contribution in [2.24, 2.45) is 5.92 Å². The predicted molar refractivity (Wildman–Crippen MR) is 93.1 cm³/mol.